The number of guanidine groups is 1. The van der Waals surface area contributed by atoms with Crippen LogP contribution in [0.2, 0.25) is 0 Å². The van der Waals surface area contributed by atoms with Crippen molar-refractivity contribution in [1.82, 2.24) is 10.6 Å². The lowest BCUT2D eigenvalue weighted by atomic mass is 9.83. The van der Waals surface area contributed by atoms with Gasteiger partial charge in [0, 0.05) is 33.9 Å². The van der Waals surface area contributed by atoms with Gasteiger partial charge in [0.15, 0.2) is 5.96 Å². The Morgan fingerprint density at radius 3 is 2.74 bits per heavy atom. The third-order valence-electron chi connectivity index (χ3n) is 7.06. The highest BCUT2D eigenvalue weighted by Crippen LogP contribution is 2.60. The van der Waals surface area contributed by atoms with Gasteiger partial charge in [0.25, 0.3) is 0 Å². The molecule has 0 amide bonds. The molecule has 2 fully saturated rings. The van der Waals surface area contributed by atoms with Crippen molar-refractivity contribution < 1.29 is 4.74 Å². The van der Waals surface area contributed by atoms with Gasteiger partial charge in [-0.25, -0.2) is 0 Å². The van der Waals surface area contributed by atoms with E-state index in [0.717, 1.165) is 49.8 Å². The fourth-order valence-electron chi connectivity index (χ4n) is 5.43. The van der Waals surface area contributed by atoms with Crippen molar-refractivity contribution in [1.29, 1.82) is 0 Å². The van der Waals surface area contributed by atoms with E-state index in [1.165, 1.54) is 32.1 Å². The quantitative estimate of drug-likeness (QED) is 0.351. The zero-order valence-corrected chi connectivity index (χ0v) is 19.0. The van der Waals surface area contributed by atoms with Gasteiger partial charge in [-0.05, 0) is 60.0 Å². The van der Waals surface area contributed by atoms with Gasteiger partial charge in [0.2, 0.25) is 0 Å². The van der Waals surface area contributed by atoms with Crippen molar-refractivity contribution in [2.75, 3.05) is 33.9 Å². The van der Waals surface area contributed by atoms with Gasteiger partial charge < -0.3 is 15.4 Å². The van der Waals surface area contributed by atoms with Crippen molar-refractivity contribution in [2.45, 2.75) is 44.4 Å². The second-order valence-corrected chi connectivity index (χ2v) is 8.51. The predicted molar refractivity (Wildman–Crippen MR) is 122 cm³/mol. The first-order valence-corrected chi connectivity index (χ1v) is 10.3. The lowest BCUT2D eigenvalue weighted by molar-refractivity contribution is 0.138. The number of ether oxygens (including phenoxy) is 1. The van der Waals surface area contributed by atoms with Crippen LogP contribution < -0.4 is 10.6 Å². The minimum atomic E-state index is 0. The van der Waals surface area contributed by atoms with Crippen LogP contribution in [0.5, 0.6) is 0 Å². The van der Waals surface area contributed by atoms with Crippen molar-refractivity contribution in [3.8, 4) is 0 Å². The third kappa shape index (κ3) is 4.44. The van der Waals surface area contributed by atoms with Crippen LogP contribution in [0.15, 0.2) is 29.3 Å². The number of halogens is 1. The van der Waals surface area contributed by atoms with Gasteiger partial charge in [-0.2, -0.15) is 0 Å². The van der Waals surface area contributed by atoms with Crippen molar-refractivity contribution in [3.63, 3.8) is 0 Å². The van der Waals surface area contributed by atoms with Crippen molar-refractivity contribution in [3.05, 3.63) is 35.4 Å². The molecule has 1 aromatic rings. The highest BCUT2D eigenvalue weighted by Gasteiger charge is 2.54. The maximum Gasteiger partial charge on any atom is 0.191 e. The largest absolute Gasteiger partial charge is 0.385 e. The average Bonchev–Trinajstić information content (AvgIpc) is 3.00. The Bertz CT molecular complexity index is 657. The molecule has 4 nitrogen and oxygen atoms in total. The molecular weight excluding hydrogens is 449 g/mol. The molecule has 0 bridgehead atoms. The molecule has 3 aliphatic rings. The first-order chi connectivity index (χ1) is 12.8. The Kier molecular flexibility index (Phi) is 7.06. The monoisotopic (exact) mass is 483 g/mol. The number of methoxy groups -OCH3 is 1. The Hall–Kier alpha value is -0.820. The highest BCUT2D eigenvalue weighted by molar-refractivity contribution is 14.0. The van der Waals surface area contributed by atoms with Crippen LogP contribution in [0.1, 0.15) is 49.1 Å². The van der Waals surface area contributed by atoms with Crippen LogP contribution >= 0.6 is 24.0 Å². The topological polar surface area (TPSA) is 45.7 Å². The summed E-state index contributed by atoms with van der Waals surface area (Å²) < 4.78 is 5.35. The summed E-state index contributed by atoms with van der Waals surface area (Å²) in [7, 11) is 3.69. The summed E-state index contributed by atoms with van der Waals surface area (Å²) in [6.07, 6.45) is 7.73. The molecule has 150 valence electrons. The summed E-state index contributed by atoms with van der Waals surface area (Å²) in [6.45, 7) is 2.91. The molecule has 3 atom stereocenters. The minimum Gasteiger partial charge on any atom is -0.385 e. The van der Waals surface area contributed by atoms with Gasteiger partial charge in [-0.1, -0.05) is 37.1 Å². The number of hydrogen-bond donors (Lipinski definition) is 2. The Morgan fingerprint density at radius 2 is 2.00 bits per heavy atom. The van der Waals surface area contributed by atoms with Crippen molar-refractivity contribution in [2.24, 2.45) is 22.2 Å². The molecule has 1 aromatic carbocycles. The molecule has 2 saturated carbocycles. The van der Waals surface area contributed by atoms with Crippen LogP contribution in [0, 0.1) is 17.3 Å². The van der Waals surface area contributed by atoms with Gasteiger partial charge in [0.05, 0.1) is 0 Å². The smallest absolute Gasteiger partial charge is 0.191 e. The van der Waals surface area contributed by atoms with E-state index in [2.05, 4.69) is 39.9 Å². The predicted octanol–water partition coefficient (Wildman–Crippen LogP) is 3.95. The highest BCUT2D eigenvalue weighted by atomic mass is 127. The van der Waals surface area contributed by atoms with E-state index in [-0.39, 0.29) is 24.0 Å². The van der Waals surface area contributed by atoms with Crippen LogP contribution in [0.25, 0.3) is 0 Å². The van der Waals surface area contributed by atoms with Crippen LogP contribution in [0.3, 0.4) is 0 Å². The summed E-state index contributed by atoms with van der Waals surface area (Å²) >= 11 is 0. The molecule has 0 radical (unpaired) electrons. The van der Waals surface area contributed by atoms with E-state index in [4.69, 9.17) is 4.74 Å². The number of rotatable bonds is 7. The fraction of sp³-hybridized carbons (Fsp3) is 0.682. The fourth-order valence-corrected chi connectivity index (χ4v) is 5.43. The van der Waals surface area contributed by atoms with E-state index in [0.29, 0.717) is 5.41 Å². The van der Waals surface area contributed by atoms with Crippen molar-refractivity contribution >= 4 is 29.9 Å². The molecule has 0 aromatic heterocycles. The summed E-state index contributed by atoms with van der Waals surface area (Å²) in [6, 6.07) is 8.98. The molecule has 2 N–H and O–H groups in total. The molecule has 27 heavy (non-hydrogen) atoms. The van der Waals surface area contributed by atoms with Gasteiger partial charge in [0.1, 0.15) is 0 Å². The summed E-state index contributed by atoms with van der Waals surface area (Å²) in [5.74, 6) is 3.37. The van der Waals surface area contributed by atoms with E-state index in [1.807, 2.05) is 7.05 Å². The molecular formula is C22H34IN3O. The summed E-state index contributed by atoms with van der Waals surface area (Å²) in [4.78, 5) is 4.46. The molecule has 3 aliphatic carbocycles. The molecule has 0 saturated heterocycles. The normalized spacial score (nSPS) is 27.5. The molecule has 0 spiro atoms. The Labute approximate surface area is 181 Å². The lowest BCUT2D eigenvalue weighted by Gasteiger charge is -2.30. The molecule has 4 rings (SSSR count). The first kappa shape index (κ1) is 20.9. The zero-order valence-electron chi connectivity index (χ0n) is 16.7. The number of benzene rings is 1. The second-order valence-electron chi connectivity index (χ2n) is 8.51. The average molecular weight is 483 g/mol. The Morgan fingerprint density at radius 1 is 1.22 bits per heavy atom. The van der Waals surface area contributed by atoms with E-state index in [9.17, 15) is 0 Å². The SMILES string of the molecule is CN=C(NCC1C2Cc3ccccc3C12)NCC1(CCOC)CCCC1.I. The van der Waals surface area contributed by atoms with Crippen LogP contribution in [-0.2, 0) is 11.2 Å². The van der Waals surface area contributed by atoms with Gasteiger partial charge >= 0.3 is 0 Å². The van der Waals surface area contributed by atoms with Crippen LogP contribution in [-0.4, -0.2) is 39.8 Å². The second kappa shape index (κ2) is 9.12. The number of aliphatic imine (C=N–C) groups is 1. The number of nitrogens with zero attached hydrogens (tertiary/aromatic N) is 1. The van der Waals surface area contributed by atoms with E-state index >= 15 is 0 Å². The standard InChI is InChI=1S/C22H33N3O.HI/c1-23-21(25-15-22(11-12-26-2)9-5-6-10-22)24-14-19-18-13-16-7-3-4-8-17(16)20(18)19;/h3-4,7-8,18-20H,5-6,9-15H2,1-2H3,(H2,23,24,25);1H. The number of hydrogen-bond acceptors (Lipinski definition) is 2. The minimum absolute atomic E-state index is 0. The summed E-state index contributed by atoms with van der Waals surface area (Å²) in [5, 5.41) is 7.21. The van der Waals surface area contributed by atoms with E-state index in [1.54, 1.807) is 18.2 Å². The Balaban J connectivity index is 0.00000210. The number of nitrogens with one attached hydrogen (secondary N) is 2. The van der Waals surface area contributed by atoms with Crippen LogP contribution in [0.4, 0.5) is 0 Å². The maximum absolute atomic E-state index is 5.35. The third-order valence-corrected chi connectivity index (χ3v) is 7.06. The molecule has 0 aliphatic heterocycles. The van der Waals surface area contributed by atoms with E-state index < -0.39 is 0 Å². The molecule has 5 heteroatoms. The number of fused-ring (bicyclic) bond motifs is 3. The van der Waals surface area contributed by atoms with Gasteiger partial charge in [-0.15, -0.1) is 24.0 Å². The lowest BCUT2D eigenvalue weighted by Crippen LogP contribution is -2.44. The zero-order chi connectivity index (χ0) is 18.0. The molecule has 0 heterocycles. The summed E-state index contributed by atoms with van der Waals surface area (Å²) in [5.41, 5.74) is 3.56. The first-order valence-electron chi connectivity index (χ1n) is 10.3. The van der Waals surface area contributed by atoms with Gasteiger partial charge in [-0.3, -0.25) is 4.99 Å². The molecule has 3 unspecified atom stereocenters. The maximum atomic E-state index is 5.35.